The maximum Gasteiger partial charge on any atom is 0.416 e. The molecule has 0 saturated carbocycles. The van der Waals surface area contributed by atoms with E-state index in [0.717, 1.165) is 12.1 Å². The van der Waals surface area contributed by atoms with Crippen molar-refractivity contribution >= 4 is 0 Å². The van der Waals surface area contributed by atoms with E-state index in [-0.39, 0.29) is 17.4 Å². The molecule has 0 spiro atoms. The Kier molecular flexibility index (Phi) is 4.77. The van der Waals surface area contributed by atoms with Crippen LogP contribution in [0.2, 0.25) is 0 Å². The summed E-state index contributed by atoms with van der Waals surface area (Å²) in [6.45, 7) is 3.46. The summed E-state index contributed by atoms with van der Waals surface area (Å²) in [5.74, 6) is 0.599. The number of hydrogen-bond donors (Lipinski definition) is 1. The summed E-state index contributed by atoms with van der Waals surface area (Å²) in [5.41, 5.74) is 0.591. The second kappa shape index (κ2) is 6.90. The number of H-pyrrole nitrogens is 1. The first-order valence-electron chi connectivity index (χ1n) is 8.06. The highest BCUT2D eigenvalue weighted by molar-refractivity contribution is 5.56. The molecule has 6 nitrogen and oxygen atoms in total. The van der Waals surface area contributed by atoms with Crippen LogP contribution in [0.4, 0.5) is 13.2 Å². The second-order valence-electron chi connectivity index (χ2n) is 6.06. The number of halogens is 3. The van der Waals surface area contributed by atoms with Crippen LogP contribution < -0.4 is 10.3 Å². The van der Waals surface area contributed by atoms with Gasteiger partial charge in [0.1, 0.15) is 11.6 Å². The molecule has 2 heterocycles. The maximum absolute atomic E-state index is 12.9. The van der Waals surface area contributed by atoms with Gasteiger partial charge in [0.25, 0.3) is 5.56 Å². The number of hydrogen-bond acceptors (Lipinski definition) is 4. The average Bonchev–Trinajstić information content (AvgIpc) is 3.09. The number of rotatable bonds is 4. The van der Waals surface area contributed by atoms with Crippen molar-refractivity contribution in [3.63, 3.8) is 0 Å². The Morgan fingerprint density at radius 1 is 1.26 bits per heavy atom. The molecule has 0 saturated heterocycles. The van der Waals surface area contributed by atoms with Gasteiger partial charge in [-0.1, -0.05) is 6.07 Å². The third-order valence-corrected chi connectivity index (χ3v) is 4.17. The molecule has 1 atom stereocenters. The summed E-state index contributed by atoms with van der Waals surface area (Å²) >= 11 is 0. The molecule has 3 aromatic rings. The minimum Gasteiger partial charge on any atom is -0.496 e. The quantitative estimate of drug-likeness (QED) is 0.753. The van der Waals surface area contributed by atoms with E-state index in [1.54, 1.807) is 30.9 Å². The number of aromatic amines is 1. The molecule has 3 rings (SSSR count). The van der Waals surface area contributed by atoms with Crippen molar-refractivity contribution < 1.29 is 17.9 Å². The molecule has 9 heteroatoms. The van der Waals surface area contributed by atoms with Gasteiger partial charge in [-0.05, 0) is 26.0 Å². The highest BCUT2D eigenvalue weighted by atomic mass is 19.4. The van der Waals surface area contributed by atoms with Gasteiger partial charge in [0.05, 0.1) is 30.6 Å². The molecule has 1 N–H and O–H groups in total. The Morgan fingerprint density at radius 2 is 2.00 bits per heavy atom. The first-order valence-corrected chi connectivity index (χ1v) is 8.06. The number of nitrogens with zero attached hydrogens (tertiary/aromatic N) is 3. The summed E-state index contributed by atoms with van der Waals surface area (Å²) in [6.07, 6.45) is -1.21. The van der Waals surface area contributed by atoms with Gasteiger partial charge in [-0.3, -0.25) is 9.48 Å². The molecular formula is C18H17F3N4O2. The number of ether oxygens (including phenoxy) is 1. The van der Waals surface area contributed by atoms with Gasteiger partial charge in [0.15, 0.2) is 0 Å². The topological polar surface area (TPSA) is 72.8 Å². The smallest absolute Gasteiger partial charge is 0.416 e. The zero-order chi connectivity index (χ0) is 19.8. The van der Waals surface area contributed by atoms with Gasteiger partial charge in [0.2, 0.25) is 0 Å². The Labute approximate surface area is 152 Å². The average molecular weight is 378 g/mol. The summed E-state index contributed by atoms with van der Waals surface area (Å²) < 4.78 is 45.5. The normalized spacial score (nSPS) is 12.8. The number of alkyl halides is 3. The summed E-state index contributed by atoms with van der Waals surface area (Å²) in [5, 5.41) is 4.26. The Morgan fingerprint density at radius 3 is 2.63 bits per heavy atom. The number of benzene rings is 1. The Balaban J connectivity index is 1.96. The number of nitrogens with one attached hydrogen (secondary N) is 1. The summed E-state index contributed by atoms with van der Waals surface area (Å²) in [6, 6.07) is 4.33. The fourth-order valence-corrected chi connectivity index (χ4v) is 2.78. The van der Waals surface area contributed by atoms with Crippen LogP contribution >= 0.6 is 0 Å². The lowest BCUT2D eigenvalue weighted by atomic mass is 10.0. The van der Waals surface area contributed by atoms with Crippen molar-refractivity contribution in [3.05, 3.63) is 64.0 Å². The molecule has 0 radical (unpaired) electrons. The van der Waals surface area contributed by atoms with Gasteiger partial charge >= 0.3 is 6.18 Å². The van der Waals surface area contributed by atoms with E-state index in [1.807, 2.05) is 0 Å². The zero-order valence-electron chi connectivity index (χ0n) is 14.8. The van der Waals surface area contributed by atoms with E-state index < -0.39 is 11.7 Å². The number of aryl methyl sites for hydroxylation is 1. The fraction of sp³-hybridized carbons (Fsp3) is 0.278. The minimum atomic E-state index is -4.45. The highest BCUT2D eigenvalue weighted by Gasteiger charge is 2.31. The van der Waals surface area contributed by atoms with Crippen LogP contribution in [0.1, 0.15) is 29.9 Å². The second-order valence-corrected chi connectivity index (χ2v) is 6.06. The molecule has 0 aliphatic heterocycles. The lowest BCUT2D eigenvalue weighted by Gasteiger charge is -2.18. The van der Waals surface area contributed by atoms with E-state index in [1.165, 1.54) is 19.2 Å². The van der Waals surface area contributed by atoms with Crippen molar-refractivity contribution in [2.75, 3.05) is 7.11 Å². The van der Waals surface area contributed by atoms with Crippen molar-refractivity contribution in [1.82, 2.24) is 19.7 Å². The Bertz CT molecular complexity index is 1020. The molecule has 1 aromatic carbocycles. The van der Waals surface area contributed by atoms with Crippen LogP contribution in [-0.2, 0) is 6.18 Å². The van der Waals surface area contributed by atoms with E-state index in [9.17, 15) is 18.0 Å². The van der Waals surface area contributed by atoms with Gasteiger partial charge in [-0.15, -0.1) is 0 Å². The molecule has 2 aromatic heterocycles. The fourth-order valence-electron chi connectivity index (χ4n) is 2.78. The lowest BCUT2D eigenvalue weighted by molar-refractivity contribution is -0.137. The third kappa shape index (κ3) is 3.86. The van der Waals surface area contributed by atoms with Crippen LogP contribution in [0.15, 0.2) is 41.5 Å². The zero-order valence-corrected chi connectivity index (χ0v) is 14.8. The Hall–Kier alpha value is -3.10. The molecule has 0 fully saturated rings. The van der Waals surface area contributed by atoms with E-state index >= 15 is 0 Å². The van der Waals surface area contributed by atoms with Gasteiger partial charge in [0, 0.05) is 23.4 Å². The van der Waals surface area contributed by atoms with Gasteiger partial charge < -0.3 is 9.72 Å². The predicted octanol–water partition coefficient (Wildman–Crippen LogP) is 3.58. The molecule has 0 amide bonds. The van der Waals surface area contributed by atoms with Crippen LogP contribution in [-0.4, -0.2) is 26.9 Å². The minimum absolute atomic E-state index is 0.125. The molecular weight excluding hydrogens is 361 g/mol. The molecule has 0 bridgehead atoms. The van der Waals surface area contributed by atoms with Gasteiger partial charge in [-0.25, -0.2) is 4.98 Å². The standard InChI is InChI=1S/C18H17F3N4O2/c1-10(14-5-4-13(18(19,20)21)6-16(14)27-3)25-9-12(8-22-25)15-7-17(26)24-11(2)23-15/h4-10H,1-3H3,(H,23,24,26). The van der Waals surface area contributed by atoms with Crippen LogP contribution in [0.5, 0.6) is 5.75 Å². The maximum atomic E-state index is 12.9. The lowest BCUT2D eigenvalue weighted by Crippen LogP contribution is -2.11. The molecule has 1 unspecified atom stereocenters. The van der Waals surface area contributed by atoms with Crippen molar-refractivity contribution in [3.8, 4) is 17.0 Å². The highest BCUT2D eigenvalue weighted by Crippen LogP contribution is 2.36. The monoisotopic (exact) mass is 378 g/mol. The van der Waals surface area contributed by atoms with E-state index in [4.69, 9.17) is 4.74 Å². The van der Waals surface area contributed by atoms with E-state index in [0.29, 0.717) is 22.6 Å². The van der Waals surface area contributed by atoms with Gasteiger partial charge in [-0.2, -0.15) is 18.3 Å². The molecule has 142 valence electrons. The predicted molar refractivity (Wildman–Crippen MR) is 92.6 cm³/mol. The molecule has 27 heavy (non-hydrogen) atoms. The van der Waals surface area contributed by atoms with Crippen molar-refractivity contribution in [2.24, 2.45) is 0 Å². The third-order valence-electron chi connectivity index (χ3n) is 4.17. The van der Waals surface area contributed by atoms with Crippen LogP contribution in [0.3, 0.4) is 0 Å². The largest absolute Gasteiger partial charge is 0.496 e. The molecule has 0 aliphatic rings. The molecule has 0 aliphatic carbocycles. The first-order chi connectivity index (χ1) is 12.7. The van der Waals surface area contributed by atoms with Crippen LogP contribution in [0.25, 0.3) is 11.3 Å². The summed E-state index contributed by atoms with van der Waals surface area (Å²) in [7, 11) is 1.32. The SMILES string of the molecule is COc1cc(C(F)(F)F)ccc1C(C)n1cc(-c2cc(=O)[nH]c(C)n2)cn1. The summed E-state index contributed by atoms with van der Waals surface area (Å²) in [4.78, 5) is 18.4. The number of aromatic nitrogens is 4. The van der Waals surface area contributed by atoms with E-state index in [2.05, 4.69) is 15.1 Å². The first kappa shape index (κ1) is 18.7. The van der Waals surface area contributed by atoms with Crippen LogP contribution in [0, 0.1) is 6.92 Å². The van der Waals surface area contributed by atoms with Crippen molar-refractivity contribution in [1.29, 1.82) is 0 Å². The van der Waals surface area contributed by atoms with Crippen molar-refractivity contribution in [2.45, 2.75) is 26.1 Å². The number of methoxy groups -OCH3 is 1.